The fraction of sp³-hybridized carbons (Fsp3) is 0.833. The van der Waals surface area contributed by atoms with Crippen LogP contribution in [0.2, 0.25) is 0 Å². The second-order valence-corrected chi connectivity index (χ2v) is 20.5. The summed E-state index contributed by atoms with van der Waals surface area (Å²) in [6, 6.07) is 7.74. The first-order valence-electron chi connectivity index (χ1n) is 23.7. The lowest BCUT2D eigenvalue weighted by Gasteiger charge is -2.53. The minimum Gasteiger partial charge on any atom is -0.459 e. The lowest BCUT2D eigenvalue weighted by Crippen LogP contribution is -2.70. The fourth-order valence-electron chi connectivity index (χ4n) is 10.4. The maximum Gasteiger partial charge on any atom is 0.324 e. The minimum atomic E-state index is -1.85. The first-order valence-corrected chi connectivity index (χ1v) is 23.7. The molecule has 2 amide bonds. The van der Waals surface area contributed by atoms with Gasteiger partial charge in [0.2, 0.25) is 0 Å². The Morgan fingerprint density at radius 3 is 2.20 bits per heavy atom. The van der Waals surface area contributed by atoms with E-state index in [9.17, 15) is 35.1 Å². The van der Waals surface area contributed by atoms with Gasteiger partial charge in [-0.25, -0.2) is 4.79 Å². The number of hydrogen-bond acceptors (Lipinski definition) is 15. The highest BCUT2D eigenvalue weighted by molar-refractivity contribution is 5.91. The molecular weight excluding hydrogens is 841 g/mol. The molecule has 0 spiro atoms. The number of para-hydroxylation sites is 1. The summed E-state index contributed by atoms with van der Waals surface area (Å²) in [4.78, 5) is 31.4. The average Bonchev–Trinajstić information content (AvgIpc) is 4.10. The van der Waals surface area contributed by atoms with Crippen molar-refractivity contribution in [3.63, 3.8) is 0 Å². The molecule has 0 radical (unpaired) electrons. The van der Waals surface area contributed by atoms with Gasteiger partial charge in [-0.3, -0.25) is 9.69 Å². The number of methoxy groups -OCH3 is 1. The Labute approximate surface area is 386 Å². The normalized spacial score (nSPS) is 43.8. The first-order chi connectivity index (χ1) is 30.3. The highest BCUT2D eigenvalue weighted by Crippen LogP contribution is 2.43. The van der Waals surface area contributed by atoms with Gasteiger partial charge in [-0.15, -0.1) is 0 Å². The molecule has 1 aromatic rings. The third-order valence-electron chi connectivity index (χ3n) is 15.0. The molecule has 372 valence electrons. The largest absolute Gasteiger partial charge is 0.459 e. The number of ether oxygens (including phenoxy) is 6. The van der Waals surface area contributed by atoms with E-state index in [0.717, 1.165) is 12.8 Å². The molecule has 17 heteroatoms. The van der Waals surface area contributed by atoms with Gasteiger partial charge in [-0.2, -0.15) is 0 Å². The molecule has 1 saturated carbocycles. The smallest absolute Gasteiger partial charge is 0.324 e. The zero-order valence-corrected chi connectivity index (χ0v) is 41.1. The lowest BCUT2D eigenvalue weighted by molar-refractivity contribution is -0.336. The molecule has 65 heavy (non-hydrogen) atoms. The van der Waals surface area contributed by atoms with Crippen molar-refractivity contribution in [1.29, 1.82) is 0 Å². The number of nitrogens with one attached hydrogen (secondary N) is 2. The molecule has 3 aliphatic heterocycles. The predicted octanol–water partition coefficient (Wildman–Crippen LogP) is 3.31. The standard InChI is InChI=1S/C48H82N4O13/c1-14-36-47(10,58)40(54)31(6)49-25-27(2)23-45(8,57)41(65-43-38(53)35(22-28(3)61-43)52(12)44(56)51(11)34-18-16-15-17-19-34)29(4)39(30(5)42(55)63-36)64-37-24-46(9,60-13)48(59,32(7)62-37)26-50-33-20-21-33/h15-19,27-33,35-41,43,49-50,53-54,57-59H,14,20-26H2,1-13H3/t27-,28-,29+,30-,31-,32+,35+,36-,37+,38-,39+,40-,41-,43+,45-,46-,47-,48+/m1/s1. The van der Waals surface area contributed by atoms with E-state index < -0.39 is 108 Å². The molecule has 0 unspecified atom stereocenters. The number of hydrogen-bond donors (Lipinski definition) is 7. The summed E-state index contributed by atoms with van der Waals surface area (Å²) in [5, 5.41) is 67.0. The maximum atomic E-state index is 14.5. The quantitative estimate of drug-likeness (QED) is 0.158. The van der Waals surface area contributed by atoms with Crippen LogP contribution in [0.3, 0.4) is 0 Å². The van der Waals surface area contributed by atoms with Gasteiger partial charge in [0.05, 0.1) is 42.0 Å². The average molecular weight is 923 g/mol. The zero-order valence-electron chi connectivity index (χ0n) is 41.1. The minimum absolute atomic E-state index is 0.0596. The van der Waals surface area contributed by atoms with Crippen LogP contribution in [0.15, 0.2) is 30.3 Å². The Morgan fingerprint density at radius 2 is 1.60 bits per heavy atom. The monoisotopic (exact) mass is 923 g/mol. The van der Waals surface area contributed by atoms with Crippen LogP contribution in [-0.2, 0) is 33.2 Å². The summed E-state index contributed by atoms with van der Waals surface area (Å²) in [5.41, 5.74) is -5.49. The molecule has 5 rings (SSSR count). The molecule has 1 aliphatic carbocycles. The van der Waals surface area contributed by atoms with E-state index in [0.29, 0.717) is 24.7 Å². The Hall–Kier alpha value is -2.52. The maximum absolute atomic E-state index is 14.5. The van der Waals surface area contributed by atoms with E-state index in [1.165, 1.54) is 23.8 Å². The summed E-state index contributed by atoms with van der Waals surface area (Å²) in [6.07, 6.45) is -7.10. The summed E-state index contributed by atoms with van der Waals surface area (Å²) >= 11 is 0. The van der Waals surface area contributed by atoms with Crippen LogP contribution in [0.25, 0.3) is 0 Å². The van der Waals surface area contributed by atoms with Crippen molar-refractivity contribution in [1.82, 2.24) is 15.5 Å². The fourth-order valence-corrected chi connectivity index (χ4v) is 10.4. The number of esters is 1. The third kappa shape index (κ3) is 11.9. The number of carbonyl (C=O) groups excluding carboxylic acids is 2. The lowest BCUT2D eigenvalue weighted by atomic mass is 9.75. The highest BCUT2D eigenvalue weighted by atomic mass is 16.7. The van der Waals surface area contributed by atoms with Crippen molar-refractivity contribution in [2.45, 2.75) is 204 Å². The molecule has 3 heterocycles. The van der Waals surface area contributed by atoms with Crippen molar-refractivity contribution < 1.29 is 63.5 Å². The molecule has 3 saturated heterocycles. The first kappa shape index (κ1) is 53.4. The van der Waals surface area contributed by atoms with Crippen molar-refractivity contribution in [2.24, 2.45) is 17.8 Å². The van der Waals surface area contributed by atoms with Gasteiger partial charge in [-0.05, 0) is 105 Å². The summed E-state index contributed by atoms with van der Waals surface area (Å²) in [5.74, 6) is -2.95. The van der Waals surface area contributed by atoms with E-state index in [4.69, 9.17) is 28.4 Å². The number of aliphatic hydroxyl groups is 5. The molecule has 1 aromatic carbocycles. The van der Waals surface area contributed by atoms with Crippen molar-refractivity contribution in [3.8, 4) is 0 Å². The highest BCUT2D eigenvalue weighted by Gasteiger charge is 2.59. The number of urea groups is 1. The number of benzene rings is 1. The van der Waals surface area contributed by atoms with Crippen LogP contribution in [0, 0.1) is 17.8 Å². The van der Waals surface area contributed by atoms with Gasteiger partial charge in [0.1, 0.15) is 35.1 Å². The van der Waals surface area contributed by atoms with Gasteiger partial charge in [0.25, 0.3) is 0 Å². The molecule has 0 aromatic heterocycles. The Bertz CT molecular complexity index is 1710. The Morgan fingerprint density at radius 1 is 0.954 bits per heavy atom. The number of cyclic esters (lactones) is 1. The van der Waals surface area contributed by atoms with Gasteiger partial charge in [-0.1, -0.05) is 39.0 Å². The van der Waals surface area contributed by atoms with Crippen LogP contribution in [-0.4, -0.2) is 173 Å². The van der Waals surface area contributed by atoms with Gasteiger partial charge in [0.15, 0.2) is 12.6 Å². The number of nitrogens with zero attached hydrogens (tertiary/aromatic N) is 2. The summed E-state index contributed by atoms with van der Waals surface area (Å²) in [7, 11) is 4.82. The second-order valence-electron chi connectivity index (χ2n) is 20.5. The van der Waals surface area contributed by atoms with Crippen LogP contribution < -0.4 is 15.5 Å². The van der Waals surface area contributed by atoms with Crippen LogP contribution in [0.1, 0.15) is 108 Å². The summed E-state index contributed by atoms with van der Waals surface area (Å²) in [6.45, 7) is 17.9. The molecule has 18 atom stereocenters. The topological polar surface area (TPSA) is 221 Å². The number of carbonyl (C=O) groups is 2. The molecule has 4 aliphatic rings. The predicted molar refractivity (Wildman–Crippen MR) is 244 cm³/mol. The van der Waals surface area contributed by atoms with Gasteiger partial charge < -0.3 is 69.5 Å². The molecule has 17 nitrogen and oxygen atoms in total. The Balaban J connectivity index is 1.54. The molecular formula is C48H82N4O13. The second kappa shape index (κ2) is 21.4. The van der Waals surface area contributed by atoms with E-state index in [1.807, 2.05) is 44.2 Å². The molecule has 4 fully saturated rings. The number of anilines is 1. The van der Waals surface area contributed by atoms with E-state index >= 15 is 0 Å². The van der Waals surface area contributed by atoms with Crippen LogP contribution >= 0.6 is 0 Å². The summed E-state index contributed by atoms with van der Waals surface area (Å²) < 4.78 is 38.7. The van der Waals surface area contributed by atoms with Crippen molar-refractivity contribution in [2.75, 3.05) is 39.2 Å². The number of amides is 2. The van der Waals surface area contributed by atoms with Crippen molar-refractivity contribution >= 4 is 17.7 Å². The molecule has 0 bridgehead atoms. The SMILES string of the molecule is CC[C@H]1OC(=O)[C@H](C)[C@@H](O[C@H]2C[C@@](C)(OC)[C@](O)(CNC3CC3)[C@H](C)O2)[C@H](C)[C@@H](O[C@@H]2O[C@H](C)C[C@H](N(C)C(=O)N(C)c3ccccc3)[C@H]2O)[C@](C)(O)C[C@@H](C)CN[C@H](C)[C@@H](O)[C@]1(C)O. The van der Waals surface area contributed by atoms with E-state index in [-0.39, 0.29) is 37.8 Å². The van der Waals surface area contributed by atoms with Gasteiger partial charge in [0, 0.05) is 57.9 Å². The number of likely N-dealkylation sites (N-methyl/N-ethyl adjacent to an activating group) is 1. The Kier molecular flexibility index (Phi) is 17.6. The van der Waals surface area contributed by atoms with Gasteiger partial charge >= 0.3 is 12.0 Å². The van der Waals surface area contributed by atoms with Crippen LogP contribution in [0.5, 0.6) is 0 Å². The number of aliphatic hydroxyl groups excluding tert-OH is 2. The zero-order chi connectivity index (χ0) is 48.4. The number of rotatable bonds is 11. The van der Waals surface area contributed by atoms with Crippen LogP contribution in [0.4, 0.5) is 10.5 Å². The van der Waals surface area contributed by atoms with E-state index in [2.05, 4.69) is 10.6 Å². The van der Waals surface area contributed by atoms with E-state index in [1.54, 1.807) is 62.6 Å². The molecule has 7 N–H and O–H groups in total. The van der Waals surface area contributed by atoms with Crippen molar-refractivity contribution in [3.05, 3.63) is 30.3 Å². The third-order valence-corrected chi connectivity index (χ3v) is 15.0.